The van der Waals surface area contributed by atoms with E-state index in [4.69, 9.17) is 11.6 Å². The topological polar surface area (TPSA) is 49.4 Å². The van der Waals surface area contributed by atoms with Crippen LogP contribution in [0.15, 0.2) is 48.5 Å². The molecule has 1 aliphatic rings. The summed E-state index contributed by atoms with van der Waals surface area (Å²) in [4.78, 5) is 26.7. The lowest BCUT2D eigenvalue weighted by Gasteiger charge is -2.30. The fourth-order valence-corrected chi connectivity index (χ4v) is 3.36. The first-order valence-corrected chi connectivity index (χ1v) is 9.82. The lowest BCUT2D eigenvalue weighted by molar-refractivity contribution is 0.0696. The Kier molecular flexibility index (Phi) is 6.51. The molecule has 27 heavy (non-hydrogen) atoms. The van der Waals surface area contributed by atoms with Crippen LogP contribution in [0.2, 0.25) is 5.02 Å². The van der Waals surface area contributed by atoms with Gasteiger partial charge in [-0.3, -0.25) is 9.59 Å². The number of hydrogen-bond donors (Lipinski definition) is 1. The van der Waals surface area contributed by atoms with Crippen LogP contribution < -0.4 is 5.32 Å². The van der Waals surface area contributed by atoms with Gasteiger partial charge < -0.3 is 10.2 Å². The van der Waals surface area contributed by atoms with Gasteiger partial charge in [0.15, 0.2) is 0 Å². The Bertz CT molecular complexity index is 779. The zero-order chi connectivity index (χ0) is 19.2. The van der Waals surface area contributed by atoms with Gasteiger partial charge in [0, 0.05) is 35.8 Å². The number of nitrogens with one attached hydrogen (secondary N) is 1. The maximum Gasteiger partial charge on any atom is 0.253 e. The fraction of sp³-hybridized carbons (Fsp3) is 0.364. The summed E-state index contributed by atoms with van der Waals surface area (Å²) in [6.45, 7) is 4.40. The predicted molar refractivity (Wildman–Crippen MR) is 108 cm³/mol. The SMILES string of the molecule is CC1CCN(C(=O)c2ccc(C(=O)NCCc3ccc(Cl)cc3)cc2)CC1. The van der Waals surface area contributed by atoms with Gasteiger partial charge in [0.05, 0.1) is 0 Å². The summed E-state index contributed by atoms with van der Waals surface area (Å²) in [7, 11) is 0. The highest BCUT2D eigenvalue weighted by Gasteiger charge is 2.21. The monoisotopic (exact) mass is 384 g/mol. The molecule has 1 heterocycles. The highest BCUT2D eigenvalue weighted by atomic mass is 35.5. The van der Waals surface area contributed by atoms with Crippen LogP contribution in [0.1, 0.15) is 46.0 Å². The van der Waals surface area contributed by atoms with Gasteiger partial charge in [-0.05, 0) is 67.1 Å². The number of amides is 2. The molecule has 0 radical (unpaired) electrons. The summed E-state index contributed by atoms with van der Waals surface area (Å²) in [6.07, 6.45) is 2.85. The van der Waals surface area contributed by atoms with Crippen molar-refractivity contribution in [2.75, 3.05) is 19.6 Å². The number of rotatable bonds is 5. The molecule has 0 unspecified atom stereocenters. The maximum atomic E-state index is 12.6. The van der Waals surface area contributed by atoms with Gasteiger partial charge in [0.1, 0.15) is 0 Å². The summed E-state index contributed by atoms with van der Waals surface area (Å²) in [5.74, 6) is 0.611. The van der Waals surface area contributed by atoms with Gasteiger partial charge in [0.2, 0.25) is 0 Å². The number of piperidine rings is 1. The average molecular weight is 385 g/mol. The molecule has 0 bridgehead atoms. The van der Waals surface area contributed by atoms with E-state index in [-0.39, 0.29) is 11.8 Å². The third-order valence-electron chi connectivity index (χ3n) is 5.08. The molecular formula is C22H25ClN2O2. The molecule has 5 heteroatoms. The zero-order valence-electron chi connectivity index (χ0n) is 15.6. The molecule has 0 atom stereocenters. The number of halogens is 1. The number of carbonyl (C=O) groups is 2. The molecule has 0 spiro atoms. The lowest BCUT2D eigenvalue weighted by Crippen LogP contribution is -2.37. The van der Waals surface area contributed by atoms with Crippen LogP contribution >= 0.6 is 11.6 Å². The van der Waals surface area contributed by atoms with Crippen molar-refractivity contribution in [2.24, 2.45) is 5.92 Å². The quantitative estimate of drug-likeness (QED) is 0.840. The van der Waals surface area contributed by atoms with Crippen molar-refractivity contribution in [1.82, 2.24) is 10.2 Å². The Morgan fingerprint density at radius 2 is 1.59 bits per heavy atom. The van der Waals surface area contributed by atoms with Gasteiger partial charge in [-0.15, -0.1) is 0 Å². The molecule has 2 aromatic carbocycles. The third kappa shape index (κ3) is 5.33. The molecule has 3 rings (SSSR count). The highest BCUT2D eigenvalue weighted by Crippen LogP contribution is 2.18. The second-order valence-electron chi connectivity index (χ2n) is 7.18. The Hall–Kier alpha value is -2.33. The van der Waals surface area contributed by atoms with Crippen LogP contribution in [0.4, 0.5) is 0 Å². The van der Waals surface area contributed by atoms with Gasteiger partial charge in [0.25, 0.3) is 11.8 Å². The second-order valence-corrected chi connectivity index (χ2v) is 7.62. The number of likely N-dealkylation sites (tertiary alicyclic amines) is 1. The van der Waals surface area contributed by atoms with Gasteiger partial charge in [-0.1, -0.05) is 30.7 Å². The van der Waals surface area contributed by atoms with Crippen LogP contribution in [0.25, 0.3) is 0 Å². The van der Waals surface area contributed by atoms with Crippen molar-refractivity contribution in [3.8, 4) is 0 Å². The van der Waals surface area contributed by atoms with Gasteiger partial charge in [-0.2, -0.15) is 0 Å². The van der Waals surface area contributed by atoms with E-state index in [1.54, 1.807) is 24.3 Å². The summed E-state index contributed by atoms with van der Waals surface area (Å²) in [6, 6.07) is 14.5. The highest BCUT2D eigenvalue weighted by molar-refractivity contribution is 6.30. The van der Waals surface area contributed by atoms with E-state index >= 15 is 0 Å². The minimum absolute atomic E-state index is 0.0524. The molecule has 0 aromatic heterocycles. The number of nitrogens with zero attached hydrogens (tertiary/aromatic N) is 1. The number of benzene rings is 2. The smallest absolute Gasteiger partial charge is 0.253 e. The number of hydrogen-bond acceptors (Lipinski definition) is 2. The van der Waals surface area contributed by atoms with Crippen molar-refractivity contribution in [3.05, 3.63) is 70.2 Å². The van der Waals surface area contributed by atoms with Crippen LogP contribution in [-0.2, 0) is 6.42 Å². The molecule has 142 valence electrons. The van der Waals surface area contributed by atoms with E-state index in [0.29, 0.717) is 28.6 Å². The van der Waals surface area contributed by atoms with Crippen LogP contribution in [0.3, 0.4) is 0 Å². The first-order chi connectivity index (χ1) is 13.0. The lowest BCUT2D eigenvalue weighted by atomic mass is 9.98. The Labute approximate surface area is 165 Å². The van der Waals surface area contributed by atoms with Crippen LogP contribution in [-0.4, -0.2) is 36.3 Å². The molecule has 1 saturated heterocycles. The van der Waals surface area contributed by atoms with Crippen molar-refractivity contribution in [3.63, 3.8) is 0 Å². The second kappa shape index (κ2) is 9.05. The van der Waals surface area contributed by atoms with E-state index in [9.17, 15) is 9.59 Å². The minimum Gasteiger partial charge on any atom is -0.352 e. The van der Waals surface area contributed by atoms with E-state index in [1.807, 2.05) is 29.2 Å². The normalized spacial score (nSPS) is 14.8. The first kappa shape index (κ1) is 19.4. The third-order valence-corrected chi connectivity index (χ3v) is 5.33. The van der Waals surface area contributed by atoms with Crippen molar-refractivity contribution >= 4 is 23.4 Å². The van der Waals surface area contributed by atoms with Crippen molar-refractivity contribution in [2.45, 2.75) is 26.2 Å². The van der Waals surface area contributed by atoms with Crippen LogP contribution in [0, 0.1) is 5.92 Å². The molecule has 0 saturated carbocycles. The Morgan fingerprint density at radius 3 is 2.22 bits per heavy atom. The summed E-state index contributed by atoms with van der Waals surface area (Å²) in [5.41, 5.74) is 2.33. The molecular weight excluding hydrogens is 360 g/mol. The Balaban J connectivity index is 1.51. The molecule has 2 amide bonds. The molecule has 2 aromatic rings. The molecule has 1 fully saturated rings. The van der Waals surface area contributed by atoms with Crippen molar-refractivity contribution in [1.29, 1.82) is 0 Å². The summed E-state index contributed by atoms with van der Waals surface area (Å²) >= 11 is 5.87. The maximum absolute atomic E-state index is 12.6. The molecule has 1 aliphatic heterocycles. The first-order valence-electron chi connectivity index (χ1n) is 9.45. The standard InChI is InChI=1S/C22H25ClN2O2/c1-16-11-14-25(15-12-16)22(27)19-6-4-18(5-7-19)21(26)24-13-10-17-2-8-20(23)9-3-17/h2-9,16H,10-15H2,1H3,(H,24,26). The van der Waals surface area contributed by atoms with E-state index in [0.717, 1.165) is 37.9 Å². The molecule has 0 aliphatic carbocycles. The van der Waals surface area contributed by atoms with Crippen molar-refractivity contribution < 1.29 is 9.59 Å². The Morgan fingerprint density at radius 1 is 1.00 bits per heavy atom. The average Bonchev–Trinajstić information content (AvgIpc) is 2.69. The largest absolute Gasteiger partial charge is 0.352 e. The summed E-state index contributed by atoms with van der Waals surface area (Å²) in [5, 5.41) is 3.62. The minimum atomic E-state index is -0.130. The van der Waals surface area contributed by atoms with Crippen LogP contribution in [0.5, 0.6) is 0 Å². The van der Waals surface area contributed by atoms with Gasteiger partial charge in [-0.25, -0.2) is 0 Å². The predicted octanol–water partition coefficient (Wildman–Crippen LogP) is 4.18. The van der Waals surface area contributed by atoms with Gasteiger partial charge >= 0.3 is 0 Å². The van der Waals surface area contributed by atoms with E-state index in [1.165, 1.54) is 0 Å². The zero-order valence-corrected chi connectivity index (χ0v) is 16.3. The fourth-order valence-electron chi connectivity index (χ4n) is 3.23. The van der Waals surface area contributed by atoms with E-state index < -0.39 is 0 Å². The number of carbonyl (C=O) groups excluding carboxylic acids is 2. The van der Waals surface area contributed by atoms with E-state index in [2.05, 4.69) is 12.2 Å². The summed E-state index contributed by atoms with van der Waals surface area (Å²) < 4.78 is 0. The molecule has 1 N–H and O–H groups in total. The molecule has 4 nitrogen and oxygen atoms in total.